The van der Waals surface area contributed by atoms with Crippen LogP contribution in [0.3, 0.4) is 0 Å². The fraction of sp³-hybridized carbons (Fsp3) is 0.500. The summed E-state index contributed by atoms with van der Waals surface area (Å²) in [6.07, 6.45) is 0.723. The molecule has 0 amide bonds. The molecule has 0 fully saturated rings. The molecular formula is C16H24N4O3S. The number of hydrogen-bond donors (Lipinski definition) is 2. The van der Waals surface area contributed by atoms with Gasteiger partial charge in [0.25, 0.3) is 0 Å². The maximum absolute atomic E-state index is 11.4. The highest BCUT2D eigenvalue weighted by Crippen LogP contribution is 2.22. The molecule has 0 atom stereocenters. The van der Waals surface area contributed by atoms with Gasteiger partial charge in [-0.2, -0.15) is 5.10 Å². The molecule has 2 aromatic rings. The normalized spacial score (nSPS) is 12.8. The van der Waals surface area contributed by atoms with Gasteiger partial charge in [0.05, 0.1) is 17.0 Å². The van der Waals surface area contributed by atoms with E-state index in [0.29, 0.717) is 23.1 Å². The van der Waals surface area contributed by atoms with Gasteiger partial charge in [-0.05, 0) is 44.0 Å². The number of aromatic nitrogens is 3. The molecule has 0 saturated heterocycles. The van der Waals surface area contributed by atoms with Gasteiger partial charge in [-0.3, -0.25) is 0 Å². The Morgan fingerprint density at radius 1 is 1.25 bits per heavy atom. The topological polar surface area (TPSA) is 111 Å². The van der Waals surface area contributed by atoms with E-state index in [4.69, 9.17) is 5.14 Å². The minimum Gasteiger partial charge on any atom is -0.389 e. The van der Waals surface area contributed by atoms with Gasteiger partial charge in [0, 0.05) is 12.0 Å². The first-order chi connectivity index (χ1) is 11.0. The third-order valence-electron chi connectivity index (χ3n) is 3.28. The summed E-state index contributed by atoms with van der Waals surface area (Å²) >= 11 is 0. The van der Waals surface area contributed by atoms with Crippen LogP contribution in [0.4, 0.5) is 0 Å². The van der Waals surface area contributed by atoms with Crippen LogP contribution in [0.1, 0.15) is 33.5 Å². The number of nitrogens with zero attached hydrogens (tertiary/aromatic N) is 3. The molecule has 8 heteroatoms. The zero-order chi connectivity index (χ0) is 18.1. The molecule has 2 rings (SSSR count). The Kier molecular flexibility index (Phi) is 5.12. The predicted octanol–water partition coefficient (Wildman–Crippen LogP) is 1.56. The minimum atomic E-state index is -3.73. The maximum Gasteiger partial charge on any atom is 0.238 e. The van der Waals surface area contributed by atoms with Crippen molar-refractivity contribution in [2.24, 2.45) is 11.1 Å². The van der Waals surface area contributed by atoms with Crippen LogP contribution in [0.25, 0.3) is 11.4 Å². The summed E-state index contributed by atoms with van der Waals surface area (Å²) in [7, 11) is -3.73. The van der Waals surface area contributed by atoms with Crippen molar-refractivity contribution in [1.29, 1.82) is 0 Å². The summed E-state index contributed by atoms with van der Waals surface area (Å²) in [4.78, 5) is 4.60. The van der Waals surface area contributed by atoms with E-state index in [1.807, 2.05) is 0 Å². The van der Waals surface area contributed by atoms with Crippen molar-refractivity contribution in [1.82, 2.24) is 14.8 Å². The van der Waals surface area contributed by atoms with Crippen LogP contribution < -0.4 is 5.14 Å². The van der Waals surface area contributed by atoms with Crippen LogP contribution in [0, 0.1) is 5.92 Å². The first kappa shape index (κ1) is 18.6. The number of rotatable bonds is 6. The van der Waals surface area contributed by atoms with Crippen molar-refractivity contribution >= 4 is 10.0 Å². The number of nitrogens with two attached hydrogens (primary N) is 1. The SMILES string of the molecule is CC(C)Cc1nc(-c2ccc(S(N)(=O)=O)cc2)n(CC(C)(C)O)n1. The lowest BCUT2D eigenvalue weighted by Gasteiger charge is -2.18. The van der Waals surface area contributed by atoms with E-state index in [0.717, 1.165) is 6.42 Å². The summed E-state index contributed by atoms with van der Waals surface area (Å²) < 4.78 is 24.4. The first-order valence-corrected chi connectivity index (χ1v) is 9.30. The number of benzene rings is 1. The van der Waals surface area contributed by atoms with Crippen LogP contribution in [-0.2, 0) is 23.0 Å². The van der Waals surface area contributed by atoms with Crippen LogP contribution >= 0.6 is 0 Å². The molecule has 1 aromatic carbocycles. The highest BCUT2D eigenvalue weighted by atomic mass is 32.2. The largest absolute Gasteiger partial charge is 0.389 e. The molecule has 132 valence electrons. The molecule has 0 unspecified atom stereocenters. The van der Waals surface area contributed by atoms with Gasteiger partial charge in [0.15, 0.2) is 11.6 Å². The Bertz CT molecular complexity index is 803. The second kappa shape index (κ2) is 6.62. The van der Waals surface area contributed by atoms with Gasteiger partial charge in [0.2, 0.25) is 10.0 Å². The quantitative estimate of drug-likeness (QED) is 0.819. The van der Waals surface area contributed by atoms with Crippen molar-refractivity contribution in [3.8, 4) is 11.4 Å². The van der Waals surface area contributed by atoms with E-state index in [9.17, 15) is 13.5 Å². The van der Waals surface area contributed by atoms with Gasteiger partial charge in [-0.15, -0.1) is 0 Å². The number of sulfonamides is 1. The van der Waals surface area contributed by atoms with E-state index in [1.165, 1.54) is 12.1 Å². The molecule has 3 N–H and O–H groups in total. The molecule has 0 saturated carbocycles. The summed E-state index contributed by atoms with van der Waals surface area (Å²) in [5.74, 6) is 1.69. The predicted molar refractivity (Wildman–Crippen MR) is 91.7 cm³/mol. The van der Waals surface area contributed by atoms with Gasteiger partial charge in [-0.25, -0.2) is 23.2 Å². The Hall–Kier alpha value is -1.77. The Morgan fingerprint density at radius 3 is 2.29 bits per heavy atom. The highest BCUT2D eigenvalue weighted by Gasteiger charge is 2.20. The molecule has 0 bridgehead atoms. The minimum absolute atomic E-state index is 0.0437. The summed E-state index contributed by atoms with van der Waals surface area (Å²) in [5, 5.41) is 19.7. The van der Waals surface area contributed by atoms with E-state index < -0.39 is 15.6 Å². The smallest absolute Gasteiger partial charge is 0.238 e. The van der Waals surface area contributed by atoms with Crippen molar-refractivity contribution < 1.29 is 13.5 Å². The molecule has 0 aliphatic heterocycles. The van der Waals surface area contributed by atoms with E-state index in [1.54, 1.807) is 30.7 Å². The first-order valence-electron chi connectivity index (χ1n) is 7.75. The van der Waals surface area contributed by atoms with E-state index in [-0.39, 0.29) is 11.4 Å². The zero-order valence-electron chi connectivity index (χ0n) is 14.4. The van der Waals surface area contributed by atoms with E-state index in [2.05, 4.69) is 23.9 Å². The van der Waals surface area contributed by atoms with Crippen LogP contribution in [0.2, 0.25) is 0 Å². The summed E-state index contributed by atoms with van der Waals surface area (Å²) in [5.41, 5.74) is -0.230. The second-order valence-corrected chi connectivity index (χ2v) is 8.55. The number of hydrogen-bond acceptors (Lipinski definition) is 5. The van der Waals surface area contributed by atoms with Crippen molar-refractivity contribution in [2.75, 3.05) is 0 Å². The fourth-order valence-electron chi connectivity index (χ4n) is 2.32. The van der Waals surface area contributed by atoms with Gasteiger partial charge >= 0.3 is 0 Å². The number of aliphatic hydroxyl groups is 1. The highest BCUT2D eigenvalue weighted by molar-refractivity contribution is 7.89. The van der Waals surface area contributed by atoms with Crippen LogP contribution in [-0.4, -0.2) is 33.9 Å². The second-order valence-electron chi connectivity index (χ2n) is 6.99. The third-order valence-corrected chi connectivity index (χ3v) is 4.21. The lowest BCUT2D eigenvalue weighted by Crippen LogP contribution is -2.27. The molecule has 7 nitrogen and oxygen atoms in total. The number of primary sulfonamides is 1. The molecule has 24 heavy (non-hydrogen) atoms. The lowest BCUT2D eigenvalue weighted by molar-refractivity contribution is 0.0581. The molecule has 1 aromatic heterocycles. The third kappa shape index (κ3) is 4.86. The van der Waals surface area contributed by atoms with Gasteiger partial charge < -0.3 is 5.11 Å². The fourth-order valence-corrected chi connectivity index (χ4v) is 2.84. The van der Waals surface area contributed by atoms with Crippen molar-refractivity contribution in [2.45, 2.75) is 51.2 Å². The molecule has 0 radical (unpaired) electrons. The Labute approximate surface area is 142 Å². The van der Waals surface area contributed by atoms with Gasteiger partial charge in [0.1, 0.15) is 0 Å². The average Bonchev–Trinajstić information content (AvgIpc) is 2.77. The molecule has 1 heterocycles. The Morgan fingerprint density at radius 2 is 1.83 bits per heavy atom. The molecular weight excluding hydrogens is 328 g/mol. The standard InChI is InChI=1S/C16H24N4O3S/c1-11(2)9-14-18-15(20(19-14)10-16(3,4)21)12-5-7-13(8-6-12)24(17,22)23/h5-8,11,21H,9-10H2,1-4H3,(H2,17,22,23). The maximum atomic E-state index is 11.4. The van der Waals surface area contributed by atoms with E-state index >= 15 is 0 Å². The molecule has 0 spiro atoms. The van der Waals surface area contributed by atoms with Crippen LogP contribution in [0.15, 0.2) is 29.2 Å². The van der Waals surface area contributed by atoms with Crippen LogP contribution in [0.5, 0.6) is 0 Å². The van der Waals surface area contributed by atoms with Crippen molar-refractivity contribution in [3.05, 3.63) is 30.1 Å². The van der Waals surface area contributed by atoms with Gasteiger partial charge in [-0.1, -0.05) is 13.8 Å². The average molecular weight is 352 g/mol. The molecule has 0 aliphatic carbocycles. The summed E-state index contributed by atoms with van der Waals surface area (Å²) in [6.45, 7) is 7.84. The lowest BCUT2D eigenvalue weighted by atomic mass is 10.1. The van der Waals surface area contributed by atoms with Crippen molar-refractivity contribution in [3.63, 3.8) is 0 Å². The Balaban J connectivity index is 2.45. The molecule has 0 aliphatic rings. The summed E-state index contributed by atoms with van der Waals surface area (Å²) in [6, 6.07) is 6.17. The monoisotopic (exact) mass is 352 g/mol. The zero-order valence-corrected chi connectivity index (χ0v) is 15.2.